The van der Waals surface area contributed by atoms with Crippen LogP contribution >= 0.6 is 0 Å². The molecule has 1 amide bonds. The molecule has 3 rings (SSSR count). The Kier molecular flexibility index (Phi) is 5.01. The molecule has 0 saturated heterocycles. The molecule has 0 fully saturated rings. The Hall–Kier alpha value is -2.95. The molecule has 0 spiro atoms. The predicted molar refractivity (Wildman–Crippen MR) is 93.5 cm³/mol. The van der Waals surface area contributed by atoms with Crippen molar-refractivity contribution in [3.63, 3.8) is 0 Å². The lowest BCUT2D eigenvalue weighted by Crippen LogP contribution is -2.21. The van der Waals surface area contributed by atoms with E-state index in [1.54, 1.807) is 0 Å². The fourth-order valence-electron chi connectivity index (χ4n) is 2.40. The molecule has 0 saturated carbocycles. The van der Waals surface area contributed by atoms with E-state index in [2.05, 4.69) is 29.7 Å². The summed E-state index contributed by atoms with van der Waals surface area (Å²) in [6.45, 7) is 2.97. The highest BCUT2D eigenvalue weighted by Gasteiger charge is 2.15. The van der Waals surface area contributed by atoms with Gasteiger partial charge in [-0.2, -0.15) is 0 Å². The van der Waals surface area contributed by atoms with Crippen molar-refractivity contribution in [2.45, 2.75) is 13.0 Å². The van der Waals surface area contributed by atoms with Crippen LogP contribution in [0.4, 0.5) is 11.4 Å². The zero-order chi connectivity index (χ0) is 16.8. The molecule has 0 aliphatic carbocycles. The third-order valence-corrected chi connectivity index (χ3v) is 3.70. The van der Waals surface area contributed by atoms with Crippen LogP contribution in [-0.4, -0.2) is 19.1 Å². The van der Waals surface area contributed by atoms with E-state index in [-0.39, 0.29) is 17.7 Å². The van der Waals surface area contributed by atoms with Gasteiger partial charge in [0.1, 0.15) is 19.5 Å². The van der Waals surface area contributed by atoms with Crippen LogP contribution in [0, 0.1) is 0 Å². The molecular weight excluding hydrogens is 304 g/mol. The SMILES string of the molecule is C[C@H](Nc1ccc(NC(=O)C2=COCCO2)cc1)c1ccccc1. The highest BCUT2D eigenvalue weighted by molar-refractivity contribution is 6.02. The van der Waals surface area contributed by atoms with Gasteiger partial charge in [0.25, 0.3) is 5.91 Å². The number of rotatable bonds is 5. The molecule has 5 nitrogen and oxygen atoms in total. The number of carbonyl (C=O) groups is 1. The van der Waals surface area contributed by atoms with Crippen molar-refractivity contribution < 1.29 is 14.3 Å². The van der Waals surface area contributed by atoms with Crippen LogP contribution in [0.1, 0.15) is 18.5 Å². The Morgan fingerprint density at radius 2 is 1.71 bits per heavy atom. The number of anilines is 2. The number of ether oxygens (including phenoxy) is 2. The highest BCUT2D eigenvalue weighted by Crippen LogP contribution is 2.21. The Morgan fingerprint density at radius 3 is 2.38 bits per heavy atom. The first-order valence-corrected chi connectivity index (χ1v) is 7.90. The minimum atomic E-state index is -0.312. The van der Waals surface area contributed by atoms with Gasteiger partial charge in [0.05, 0.1) is 0 Å². The van der Waals surface area contributed by atoms with Gasteiger partial charge in [-0.05, 0) is 36.8 Å². The number of carbonyl (C=O) groups excluding carboxylic acids is 1. The van der Waals surface area contributed by atoms with Crippen molar-refractivity contribution >= 4 is 17.3 Å². The molecule has 1 aliphatic rings. The fraction of sp³-hybridized carbons (Fsp3) is 0.211. The third-order valence-electron chi connectivity index (χ3n) is 3.70. The molecule has 0 bridgehead atoms. The predicted octanol–water partition coefficient (Wildman–Crippen LogP) is 3.69. The van der Waals surface area contributed by atoms with Gasteiger partial charge in [-0.1, -0.05) is 30.3 Å². The van der Waals surface area contributed by atoms with Crippen LogP contribution in [0.3, 0.4) is 0 Å². The first-order valence-electron chi connectivity index (χ1n) is 7.90. The average molecular weight is 324 g/mol. The largest absolute Gasteiger partial charge is 0.494 e. The first kappa shape index (κ1) is 15.9. The lowest BCUT2D eigenvalue weighted by atomic mass is 10.1. The summed E-state index contributed by atoms with van der Waals surface area (Å²) in [6.07, 6.45) is 1.34. The quantitative estimate of drug-likeness (QED) is 0.881. The topological polar surface area (TPSA) is 59.6 Å². The molecule has 1 aliphatic heterocycles. The van der Waals surface area contributed by atoms with Crippen molar-refractivity contribution in [1.29, 1.82) is 0 Å². The fourth-order valence-corrected chi connectivity index (χ4v) is 2.40. The van der Waals surface area contributed by atoms with E-state index < -0.39 is 0 Å². The second kappa shape index (κ2) is 7.55. The summed E-state index contributed by atoms with van der Waals surface area (Å²) < 4.78 is 10.3. The Balaban J connectivity index is 1.59. The van der Waals surface area contributed by atoms with Crippen molar-refractivity contribution in [1.82, 2.24) is 0 Å². The summed E-state index contributed by atoms with van der Waals surface area (Å²) in [4.78, 5) is 12.0. The van der Waals surface area contributed by atoms with Gasteiger partial charge in [-0.15, -0.1) is 0 Å². The summed E-state index contributed by atoms with van der Waals surface area (Å²) in [7, 11) is 0. The number of amides is 1. The van der Waals surface area contributed by atoms with E-state index in [4.69, 9.17) is 9.47 Å². The molecule has 124 valence electrons. The average Bonchev–Trinajstić information content (AvgIpc) is 2.65. The monoisotopic (exact) mass is 324 g/mol. The van der Waals surface area contributed by atoms with Crippen molar-refractivity contribution in [3.8, 4) is 0 Å². The van der Waals surface area contributed by atoms with Gasteiger partial charge in [-0.25, -0.2) is 0 Å². The van der Waals surface area contributed by atoms with Crippen molar-refractivity contribution in [2.24, 2.45) is 0 Å². The summed E-state index contributed by atoms with van der Waals surface area (Å²) >= 11 is 0. The number of nitrogens with one attached hydrogen (secondary N) is 2. The molecular formula is C19H20N2O3. The maximum Gasteiger partial charge on any atom is 0.294 e. The number of hydrogen-bond acceptors (Lipinski definition) is 4. The second-order valence-corrected chi connectivity index (χ2v) is 5.51. The van der Waals surface area contributed by atoms with Crippen molar-refractivity contribution in [2.75, 3.05) is 23.8 Å². The minimum Gasteiger partial charge on any atom is -0.494 e. The second-order valence-electron chi connectivity index (χ2n) is 5.51. The normalized spacial score (nSPS) is 14.6. The highest BCUT2D eigenvalue weighted by atomic mass is 16.6. The van der Waals surface area contributed by atoms with Gasteiger partial charge < -0.3 is 20.1 Å². The molecule has 1 heterocycles. The Morgan fingerprint density at radius 1 is 1.00 bits per heavy atom. The molecule has 5 heteroatoms. The van der Waals surface area contributed by atoms with Gasteiger partial charge >= 0.3 is 0 Å². The molecule has 0 unspecified atom stereocenters. The van der Waals surface area contributed by atoms with E-state index in [0.717, 1.165) is 5.69 Å². The van der Waals surface area contributed by atoms with E-state index in [1.807, 2.05) is 42.5 Å². The van der Waals surface area contributed by atoms with Crippen LogP contribution in [-0.2, 0) is 14.3 Å². The molecule has 2 aromatic carbocycles. The summed E-state index contributed by atoms with van der Waals surface area (Å²) in [5.74, 6) is -0.116. The third kappa shape index (κ3) is 4.07. The van der Waals surface area contributed by atoms with Crippen LogP contribution in [0.5, 0.6) is 0 Å². The van der Waals surface area contributed by atoms with Crippen molar-refractivity contribution in [3.05, 3.63) is 72.2 Å². The molecule has 0 aromatic heterocycles. The van der Waals surface area contributed by atoms with Crippen LogP contribution in [0.2, 0.25) is 0 Å². The first-order chi connectivity index (χ1) is 11.7. The maximum absolute atomic E-state index is 12.0. The lowest BCUT2D eigenvalue weighted by Gasteiger charge is -2.17. The van der Waals surface area contributed by atoms with Gasteiger partial charge in [0.15, 0.2) is 0 Å². The van der Waals surface area contributed by atoms with Crippen LogP contribution in [0.15, 0.2) is 66.6 Å². The lowest BCUT2D eigenvalue weighted by molar-refractivity contribution is -0.117. The molecule has 1 atom stereocenters. The van der Waals surface area contributed by atoms with Crippen LogP contribution in [0.25, 0.3) is 0 Å². The Bertz CT molecular complexity index is 711. The summed E-state index contributed by atoms with van der Waals surface area (Å²) in [5, 5.41) is 6.22. The van der Waals surface area contributed by atoms with Gasteiger partial charge in [0, 0.05) is 17.4 Å². The van der Waals surface area contributed by atoms with Gasteiger partial charge in [0.2, 0.25) is 5.76 Å². The smallest absolute Gasteiger partial charge is 0.294 e. The molecule has 2 aromatic rings. The zero-order valence-corrected chi connectivity index (χ0v) is 13.5. The Labute approximate surface area is 141 Å². The summed E-state index contributed by atoms with van der Waals surface area (Å²) in [6, 6.07) is 18.0. The van der Waals surface area contributed by atoms with E-state index in [9.17, 15) is 4.79 Å². The van der Waals surface area contributed by atoms with E-state index in [0.29, 0.717) is 18.9 Å². The summed E-state index contributed by atoms with van der Waals surface area (Å²) in [5.41, 5.74) is 2.91. The van der Waals surface area contributed by atoms with Gasteiger partial charge in [-0.3, -0.25) is 4.79 Å². The van der Waals surface area contributed by atoms with Crippen LogP contribution < -0.4 is 10.6 Å². The molecule has 0 radical (unpaired) electrons. The van der Waals surface area contributed by atoms with E-state index in [1.165, 1.54) is 11.8 Å². The van der Waals surface area contributed by atoms with E-state index >= 15 is 0 Å². The zero-order valence-electron chi connectivity index (χ0n) is 13.5. The minimum absolute atomic E-state index is 0.196. The number of benzene rings is 2. The molecule has 24 heavy (non-hydrogen) atoms. The standard InChI is InChI=1S/C19H20N2O3/c1-14(15-5-3-2-4-6-15)20-16-7-9-17(10-8-16)21-19(22)18-13-23-11-12-24-18/h2-10,13-14,20H,11-12H2,1H3,(H,21,22)/t14-/m0/s1. The number of hydrogen-bond donors (Lipinski definition) is 2. The maximum atomic E-state index is 12.0. The molecule has 2 N–H and O–H groups in total.